The van der Waals surface area contributed by atoms with Gasteiger partial charge in [-0.15, -0.1) is 0 Å². The highest BCUT2D eigenvalue weighted by molar-refractivity contribution is 6.33. The first-order chi connectivity index (χ1) is 11.9. The molecule has 0 aliphatic carbocycles. The first kappa shape index (κ1) is 17.5. The van der Waals surface area contributed by atoms with E-state index in [0.29, 0.717) is 22.1 Å². The third-order valence-electron chi connectivity index (χ3n) is 3.80. The fourth-order valence-electron chi connectivity index (χ4n) is 2.60. The Balaban J connectivity index is 1.82. The molecule has 5 nitrogen and oxygen atoms in total. The molecule has 2 aromatic carbocycles. The summed E-state index contributed by atoms with van der Waals surface area (Å²) in [5, 5.41) is 3.13. The van der Waals surface area contributed by atoms with Crippen LogP contribution >= 0.6 is 23.2 Å². The summed E-state index contributed by atoms with van der Waals surface area (Å²) in [4.78, 5) is 25.9. The highest BCUT2D eigenvalue weighted by atomic mass is 35.5. The van der Waals surface area contributed by atoms with Gasteiger partial charge in [0.2, 0.25) is 5.91 Å². The smallest absolute Gasteiger partial charge is 0.256 e. The number of ether oxygens (including phenoxy) is 1. The molecule has 1 fully saturated rings. The standard InChI is InChI=1S/C17H13Cl2FN2O3/c1-25-15-5-3-10(7-12(15)19)22-16(23)8-14(17(22)24)21-9-2-4-13(20)11(18)6-9/h2-7,14,21H,8H2,1H3/t14-/m0/s1. The Bertz CT molecular complexity index is 860. The number of nitrogens with zero attached hydrogens (tertiary/aromatic N) is 1. The molecule has 1 heterocycles. The molecule has 1 N–H and O–H groups in total. The molecule has 1 saturated heterocycles. The van der Waals surface area contributed by atoms with Gasteiger partial charge in [-0.25, -0.2) is 9.29 Å². The van der Waals surface area contributed by atoms with Gasteiger partial charge in [-0.1, -0.05) is 23.2 Å². The summed E-state index contributed by atoms with van der Waals surface area (Å²) < 4.78 is 18.3. The van der Waals surface area contributed by atoms with Crippen LogP contribution in [-0.4, -0.2) is 25.0 Å². The Morgan fingerprint density at radius 1 is 1.16 bits per heavy atom. The van der Waals surface area contributed by atoms with E-state index in [-0.39, 0.29) is 17.4 Å². The monoisotopic (exact) mass is 382 g/mol. The number of anilines is 2. The van der Waals surface area contributed by atoms with Crippen molar-refractivity contribution in [2.45, 2.75) is 12.5 Å². The van der Waals surface area contributed by atoms with Gasteiger partial charge in [-0.05, 0) is 36.4 Å². The van der Waals surface area contributed by atoms with Crippen LogP contribution in [0.25, 0.3) is 0 Å². The molecule has 0 radical (unpaired) electrons. The fourth-order valence-corrected chi connectivity index (χ4v) is 3.03. The number of methoxy groups -OCH3 is 1. The summed E-state index contributed by atoms with van der Waals surface area (Å²) in [5.41, 5.74) is 0.814. The molecule has 8 heteroatoms. The second-order valence-electron chi connectivity index (χ2n) is 5.42. The van der Waals surface area contributed by atoms with Crippen molar-refractivity contribution in [3.63, 3.8) is 0 Å². The van der Waals surface area contributed by atoms with Crippen LogP contribution in [0.4, 0.5) is 15.8 Å². The van der Waals surface area contributed by atoms with E-state index in [0.717, 1.165) is 4.90 Å². The number of carbonyl (C=O) groups is 2. The van der Waals surface area contributed by atoms with E-state index in [1.807, 2.05) is 0 Å². The second kappa shape index (κ2) is 6.90. The van der Waals surface area contributed by atoms with Crippen LogP contribution in [0.15, 0.2) is 36.4 Å². The van der Waals surface area contributed by atoms with Crippen LogP contribution < -0.4 is 15.0 Å². The number of benzene rings is 2. The van der Waals surface area contributed by atoms with Crippen molar-refractivity contribution in [3.8, 4) is 5.75 Å². The lowest BCUT2D eigenvalue weighted by molar-refractivity contribution is -0.121. The predicted molar refractivity (Wildman–Crippen MR) is 93.9 cm³/mol. The number of amides is 2. The second-order valence-corrected chi connectivity index (χ2v) is 6.23. The van der Waals surface area contributed by atoms with Gasteiger partial charge in [0.1, 0.15) is 17.6 Å². The number of rotatable bonds is 4. The summed E-state index contributed by atoms with van der Waals surface area (Å²) in [6.45, 7) is 0. The summed E-state index contributed by atoms with van der Waals surface area (Å²) in [6, 6.07) is 7.89. The third-order valence-corrected chi connectivity index (χ3v) is 4.39. The minimum atomic E-state index is -0.769. The molecule has 0 bridgehead atoms. The van der Waals surface area contributed by atoms with Crippen LogP contribution in [0.3, 0.4) is 0 Å². The van der Waals surface area contributed by atoms with E-state index in [1.165, 1.54) is 31.4 Å². The van der Waals surface area contributed by atoms with Crippen molar-refractivity contribution in [2.75, 3.05) is 17.3 Å². The van der Waals surface area contributed by atoms with E-state index in [1.54, 1.807) is 12.1 Å². The van der Waals surface area contributed by atoms with Gasteiger partial charge < -0.3 is 10.1 Å². The molecule has 1 atom stereocenters. The molecule has 0 unspecified atom stereocenters. The lowest BCUT2D eigenvalue weighted by atomic mass is 10.2. The zero-order valence-corrected chi connectivity index (χ0v) is 14.6. The van der Waals surface area contributed by atoms with Gasteiger partial charge in [0.15, 0.2) is 0 Å². The predicted octanol–water partition coefficient (Wildman–Crippen LogP) is 3.89. The average molecular weight is 383 g/mol. The van der Waals surface area contributed by atoms with Crippen LogP contribution in [0.1, 0.15) is 6.42 Å². The molecule has 0 saturated carbocycles. The average Bonchev–Trinajstić information content (AvgIpc) is 2.85. The quantitative estimate of drug-likeness (QED) is 0.815. The van der Waals surface area contributed by atoms with Gasteiger partial charge in [-0.2, -0.15) is 0 Å². The molecular formula is C17H13Cl2FN2O3. The lowest BCUT2D eigenvalue weighted by Crippen LogP contribution is -2.34. The Labute approximate surface area is 153 Å². The molecule has 1 aliphatic heterocycles. The molecule has 2 aromatic rings. The van der Waals surface area contributed by atoms with Crippen LogP contribution in [0.5, 0.6) is 5.75 Å². The van der Waals surface area contributed by atoms with Gasteiger partial charge in [-0.3, -0.25) is 9.59 Å². The Hall–Kier alpha value is -2.31. The molecule has 25 heavy (non-hydrogen) atoms. The highest BCUT2D eigenvalue weighted by Gasteiger charge is 2.39. The Morgan fingerprint density at radius 2 is 1.92 bits per heavy atom. The van der Waals surface area contributed by atoms with Crippen molar-refractivity contribution >= 4 is 46.4 Å². The van der Waals surface area contributed by atoms with E-state index < -0.39 is 17.8 Å². The number of hydrogen-bond donors (Lipinski definition) is 1. The number of imide groups is 1. The summed E-state index contributed by atoms with van der Waals surface area (Å²) >= 11 is 11.8. The topological polar surface area (TPSA) is 58.6 Å². The Morgan fingerprint density at radius 3 is 2.56 bits per heavy atom. The number of hydrogen-bond acceptors (Lipinski definition) is 4. The van der Waals surface area contributed by atoms with E-state index in [9.17, 15) is 14.0 Å². The van der Waals surface area contributed by atoms with E-state index in [4.69, 9.17) is 27.9 Å². The van der Waals surface area contributed by atoms with Crippen molar-refractivity contribution in [2.24, 2.45) is 0 Å². The van der Waals surface area contributed by atoms with Gasteiger partial charge in [0.05, 0.1) is 29.3 Å². The minimum absolute atomic E-state index is 0.0303. The fraction of sp³-hybridized carbons (Fsp3) is 0.176. The van der Waals surface area contributed by atoms with E-state index >= 15 is 0 Å². The van der Waals surface area contributed by atoms with Gasteiger partial charge in [0.25, 0.3) is 5.91 Å². The van der Waals surface area contributed by atoms with Crippen LogP contribution in [-0.2, 0) is 9.59 Å². The SMILES string of the molecule is COc1ccc(N2C(=O)C[C@H](Nc3ccc(F)c(Cl)c3)C2=O)cc1Cl. The van der Waals surface area contributed by atoms with E-state index in [2.05, 4.69) is 5.32 Å². The molecule has 130 valence electrons. The summed E-state index contributed by atoms with van der Waals surface area (Å²) in [7, 11) is 1.47. The molecular weight excluding hydrogens is 370 g/mol. The molecule has 3 rings (SSSR count). The van der Waals surface area contributed by atoms with Crippen molar-refractivity contribution in [3.05, 3.63) is 52.3 Å². The zero-order valence-electron chi connectivity index (χ0n) is 13.1. The molecule has 1 aliphatic rings. The number of halogens is 3. The Kier molecular flexibility index (Phi) is 4.83. The zero-order chi connectivity index (χ0) is 18.1. The molecule has 0 spiro atoms. The summed E-state index contributed by atoms with van der Waals surface area (Å²) in [6.07, 6.45) is -0.0303. The highest BCUT2D eigenvalue weighted by Crippen LogP contribution is 2.32. The number of nitrogens with one attached hydrogen (secondary N) is 1. The lowest BCUT2D eigenvalue weighted by Gasteiger charge is -2.17. The van der Waals surface area contributed by atoms with Crippen molar-refractivity contribution in [1.29, 1.82) is 0 Å². The van der Waals surface area contributed by atoms with Crippen molar-refractivity contribution < 1.29 is 18.7 Å². The maximum Gasteiger partial charge on any atom is 0.256 e. The van der Waals surface area contributed by atoms with Crippen molar-refractivity contribution in [1.82, 2.24) is 0 Å². The maximum atomic E-state index is 13.2. The normalized spacial score (nSPS) is 17.1. The van der Waals surface area contributed by atoms with Crippen LogP contribution in [0.2, 0.25) is 10.0 Å². The summed E-state index contributed by atoms with van der Waals surface area (Å²) in [5.74, 6) is -0.903. The largest absolute Gasteiger partial charge is 0.495 e. The molecule has 0 aromatic heterocycles. The number of carbonyl (C=O) groups excluding carboxylic acids is 2. The van der Waals surface area contributed by atoms with Gasteiger partial charge >= 0.3 is 0 Å². The first-order valence-corrected chi connectivity index (χ1v) is 8.08. The maximum absolute atomic E-state index is 13.2. The minimum Gasteiger partial charge on any atom is -0.495 e. The van der Waals surface area contributed by atoms with Crippen LogP contribution in [0, 0.1) is 5.82 Å². The van der Waals surface area contributed by atoms with Gasteiger partial charge in [0, 0.05) is 5.69 Å². The first-order valence-electron chi connectivity index (χ1n) is 7.32. The molecule has 2 amide bonds. The third kappa shape index (κ3) is 3.41.